The van der Waals surface area contributed by atoms with Crippen LogP contribution in [0.25, 0.3) is 5.69 Å². The van der Waals surface area contributed by atoms with Crippen molar-refractivity contribution in [1.29, 1.82) is 5.41 Å². The lowest BCUT2D eigenvalue weighted by atomic mass is 10.0. The van der Waals surface area contributed by atoms with E-state index < -0.39 is 0 Å². The Bertz CT molecular complexity index is 754. The Labute approximate surface area is 137 Å². The summed E-state index contributed by atoms with van der Waals surface area (Å²) in [7, 11) is 1.67. The SMILES string of the molecule is CCOc1ccc(-n2c(C)c(C(C)=N)c(C(N)=NC)c2C)cc1. The molecule has 0 saturated carbocycles. The zero-order valence-electron chi connectivity index (χ0n) is 14.4. The Balaban J connectivity index is 2.66. The lowest BCUT2D eigenvalue weighted by Gasteiger charge is -2.11. The summed E-state index contributed by atoms with van der Waals surface area (Å²) in [5.74, 6) is 1.30. The molecule has 122 valence electrons. The molecule has 0 aliphatic rings. The number of nitrogens with zero attached hydrogens (tertiary/aromatic N) is 2. The molecule has 0 radical (unpaired) electrons. The normalized spacial score (nSPS) is 11.6. The summed E-state index contributed by atoms with van der Waals surface area (Å²) in [6, 6.07) is 7.92. The molecule has 5 nitrogen and oxygen atoms in total. The third-order valence-electron chi connectivity index (χ3n) is 3.92. The van der Waals surface area contributed by atoms with Crippen LogP contribution in [0, 0.1) is 19.3 Å². The Kier molecular flexibility index (Phi) is 4.89. The van der Waals surface area contributed by atoms with Crippen LogP contribution in [0.2, 0.25) is 0 Å². The Morgan fingerprint density at radius 2 is 1.74 bits per heavy atom. The van der Waals surface area contributed by atoms with Crippen molar-refractivity contribution in [3.05, 3.63) is 46.8 Å². The van der Waals surface area contributed by atoms with Gasteiger partial charge in [-0.2, -0.15) is 0 Å². The van der Waals surface area contributed by atoms with Crippen LogP contribution in [0.1, 0.15) is 36.4 Å². The summed E-state index contributed by atoms with van der Waals surface area (Å²) in [5.41, 5.74) is 11.2. The van der Waals surface area contributed by atoms with E-state index >= 15 is 0 Å². The molecule has 2 aromatic rings. The van der Waals surface area contributed by atoms with E-state index in [0.717, 1.165) is 34.0 Å². The fourth-order valence-electron chi connectivity index (χ4n) is 2.97. The first kappa shape index (κ1) is 16.8. The molecule has 2 rings (SSSR count). The number of benzene rings is 1. The number of hydrogen-bond donors (Lipinski definition) is 2. The lowest BCUT2D eigenvalue weighted by molar-refractivity contribution is 0.340. The van der Waals surface area contributed by atoms with E-state index in [1.54, 1.807) is 14.0 Å². The van der Waals surface area contributed by atoms with Gasteiger partial charge < -0.3 is 20.4 Å². The van der Waals surface area contributed by atoms with Gasteiger partial charge in [-0.15, -0.1) is 0 Å². The van der Waals surface area contributed by atoms with E-state index in [9.17, 15) is 0 Å². The van der Waals surface area contributed by atoms with Crippen LogP contribution in [0.5, 0.6) is 5.75 Å². The molecule has 0 saturated heterocycles. The highest BCUT2D eigenvalue weighted by atomic mass is 16.5. The average molecular weight is 312 g/mol. The number of nitrogens with one attached hydrogen (secondary N) is 1. The van der Waals surface area contributed by atoms with Crippen molar-refractivity contribution < 1.29 is 4.74 Å². The maximum atomic E-state index is 8.10. The molecule has 1 heterocycles. The van der Waals surface area contributed by atoms with Crippen LogP contribution in [0.4, 0.5) is 0 Å². The van der Waals surface area contributed by atoms with Crippen molar-refractivity contribution in [2.45, 2.75) is 27.7 Å². The van der Waals surface area contributed by atoms with E-state index in [1.807, 2.05) is 45.0 Å². The van der Waals surface area contributed by atoms with Crippen LogP contribution < -0.4 is 10.5 Å². The second kappa shape index (κ2) is 6.69. The van der Waals surface area contributed by atoms with Gasteiger partial charge in [-0.25, -0.2) is 0 Å². The summed E-state index contributed by atoms with van der Waals surface area (Å²) >= 11 is 0. The number of ether oxygens (including phenoxy) is 1. The van der Waals surface area contributed by atoms with Crippen LogP contribution >= 0.6 is 0 Å². The topological polar surface area (TPSA) is 76.4 Å². The van der Waals surface area contributed by atoms with E-state index in [0.29, 0.717) is 18.2 Å². The Morgan fingerprint density at radius 3 is 2.22 bits per heavy atom. The highest BCUT2D eigenvalue weighted by Crippen LogP contribution is 2.27. The summed E-state index contributed by atoms with van der Waals surface area (Å²) in [6.07, 6.45) is 0. The maximum absolute atomic E-state index is 8.10. The Morgan fingerprint density at radius 1 is 1.17 bits per heavy atom. The average Bonchev–Trinajstić information content (AvgIpc) is 2.79. The van der Waals surface area contributed by atoms with E-state index in [-0.39, 0.29) is 0 Å². The van der Waals surface area contributed by atoms with E-state index in [4.69, 9.17) is 15.9 Å². The third kappa shape index (κ3) is 2.99. The smallest absolute Gasteiger partial charge is 0.127 e. The first-order valence-corrected chi connectivity index (χ1v) is 7.65. The fourth-order valence-corrected chi connectivity index (χ4v) is 2.97. The summed E-state index contributed by atoms with van der Waals surface area (Å²) < 4.78 is 7.61. The van der Waals surface area contributed by atoms with Gasteiger partial charge in [-0.05, 0) is 52.0 Å². The molecule has 0 aliphatic heterocycles. The second-order valence-corrected chi connectivity index (χ2v) is 5.42. The van der Waals surface area contributed by atoms with Gasteiger partial charge in [-0.3, -0.25) is 4.99 Å². The minimum Gasteiger partial charge on any atom is -0.494 e. The predicted octanol–water partition coefficient (Wildman–Crippen LogP) is 3.22. The number of aliphatic imine (C=N–C) groups is 1. The molecule has 0 unspecified atom stereocenters. The van der Waals surface area contributed by atoms with Crippen LogP contribution in [-0.4, -0.2) is 29.8 Å². The van der Waals surface area contributed by atoms with Crippen molar-refractivity contribution in [3.63, 3.8) is 0 Å². The molecule has 3 N–H and O–H groups in total. The van der Waals surface area contributed by atoms with Gasteiger partial charge in [0.2, 0.25) is 0 Å². The summed E-state index contributed by atoms with van der Waals surface area (Å²) in [4.78, 5) is 4.11. The van der Waals surface area contributed by atoms with Gasteiger partial charge >= 0.3 is 0 Å². The van der Waals surface area contributed by atoms with E-state index in [1.165, 1.54) is 0 Å². The zero-order chi connectivity index (χ0) is 17.1. The minimum atomic E-state index is 0.455. The molecule has 0 aliphatic carbocycles. The molecule has 5 heteroatoms. The molecule has 0 atom stereocenters. The highest BCUT2D eigenvalue weighted by molar-refractivity contribution is 6.11. The van der Waals surface area contributed by atoms with Crippen LogP contribution in [0.15, 0.2) is 29.3 Å². The summed E-state index contributed by atoms with van der Waals surface area (Å²) in [5, 5.41) is 8.10. The van der Waals surface area contributed by atoms with Crippen LogP contribution in [-0.2, 0) is 0 Å². The van der Waals surface area contributed by atoms with Crippen LogP contribution in [0.3, 0.4) is 0 Å². The minimum absolute atomic E-state index is 0.455. The maximum Gasteiger partial charge on any atom is 0.127 e. The first-order chi connectivity index (χ1) is 10.9. The molecule has 0 fully saturated rings. The van der Waals surface area contributed by atoms with E-state index in [2.05, 4.69) is 9.56 Å². The standard InChI is InChI=1S/C18H24N4O/c1-6-23-15-9-7-14(8-10-15)22-12(3)16(11(2)19)17(13(22)4)18(20)21-5/h7-10,19H,6H2,1-5H3,(H2,20,21). The first-order valence-electron chi connectivity index (χ1n) is 7.65. The highest BCUT2D eigenvalue weighted by Gasteiger charge is 2.22. The lowest BCUT2D eigenvalue weighted by Crippen LogP contribution is -2.17. The number of aromatic nitrogens is 1. The van der Waals surface area contributed by atoms with Gasteiger partial charge in [0.1, 0.15) is 11.6 Å². The third-order valence-corrected chi connectivity index (χ3v) is 3.92. The largest absolute Gasteiger partial charge is 0.494 e. The molecule has 1 aromatic carbocycles. The van der Waals surface area contributed by atoms with Crippen molar-refractivity contribution in [1.82, 2.24) is 4.57 Å². The molecular formula is C18H24N4O. The number of hydrogen-bond acceptors (Lipinski definition) is 3. The summed E-state index contributed by atoms with van der Waals surface area (Å²) in [6.45, 7) is 8.39. The molecule has 1 aromatic heterocycles. The zero-order valence-corrected chi connectivity index (χ0v) is 14.4. The number of amidine groups is 1. The van der Waals surface area contributed by atoms with Gasteiger partial charge in [0.05, 0.1) is 6.61 Å². The fraction of sp³-hybridized carbons (Fsp3) is 0.333. The molecule has 0 bridgehead atoms. The van der Waals surface area contributed by atoms with Gasteiger partial charge in [0.25, 0.3) is 0 Å². The molecule has 0 amide bonds. The van der Waals surface area contributed by atoms with Gasteiger partial charge in [-0.1, -0.05) is 0 Å². The van der Waals surface area contributed by atoms with Crippen molar-refractivity contribution >= 4 is 11.5 Å². The molecule has 23 heavy (non-hydrogen) atoms. The molecule has 0 spiro atoms. The van der Waals surface area contributed by atoms with Gasteiger partial charge in [0, 0.05) is 41.0 Å². The monoisotopic (exact) mass is 312 g/mol. The number of nitrogens with two attached hydrogens (primary N) is 1. The van der Waals surface area contributed by atoms with Crippen molar-refractivity contribution in [2.24, 2.45) is 10.7 Å². The van der Waals surface area contributed by atoms with Gasteiger partial charge in [0.15, 0.2) is 0 Å². The quantitative estimate of drug-likeness (QED) is 0.657. The number of rotatable bonds is 5. The van der Waals surface area contributed by atoms with Crippen molar-refractivity contribution in [2.75, 3.05) is 13.7 Å². The predicted molar refractivity (Wildman–Crippen MR) is 95.6 cm³/mol. The molecular weight excluding hydrogens is 288 g/mol. The Hall–Kier alpha value is -2.56. The van der Waals surface area contributed by atoms with Crippen molar-refractivity contribution in [3.8, 4) is 11.4 Å². The second-order valence-electron chi connectivity index (χ2n) is 5.42.